The van der Waals surface area contributed by atoms with Crippen molar-refractivity contribution in [3.05, 3.63) is 58.8 Å². The molecule has 0 bridgehead atoms. The first-order chi connectivity index (χ1) is 15.0. The summed E-state index contributed by atoms with van der Waals surface area (Å²) in [7, 11) is 0. The molecule has 1 N–H and O–H groups in total. The third-order valence-corrected chi connectivity index (χ3v) is 5.63. The van der Waals surface area contributed by atoms with Crippen LogP contribution in [-0.4, -0.2) is 60.0 Å². The largest absolute Gasteiger partial charge is 0.507 e. The second-order valence-electron chi connectivity index (χ2n) is 7.51. The number of hydrogen-bond acceptors (Lipinski definition) is 6. The van der Waals surface area contributed by atoms with Gasteiger partial charge in [-0.15, -0.1) is 0 Å². The van der Waals surface area contributed by atoms with Crippen molar-refractivity contribution in [1.29, 1.82) is 0 Å². The quantitative estimate of drug-likeness (QED) is 0.705. The number of likely N-dealkylation sites (N-methyl/N-ethyl adjacent to an activating group) is 1. The number of nitrogens with zero attached hydrogens (tertiary/aromatic N) is 2. The van der Waals surface area contributed by atoms with Crippen LogP contribution in [-0.2, 0) is 6.54 Å². The summed E-state index contributed by atoms with van der Waals surface area (Å²) in [5.41, 5.74) is 1.20. The van der Waals surface area contributed by atoms with E-state index in [1.54, 1.807) is 18.2 Å². The summed E-state index contributed by atoms with van der Waals surface area (Å²) < 4.78 is 35.8. The number of phenols is 1. The second kappa shape index (κ2) is 9.03. The number of aromatic hydroxyl groups is 1. The van der Waals surface area contributed by atoms with Crippen molar-refractivity contribution in [1.82, 2.24) is 9.80 Å². The zero-order chi connectivity index (χ0) is 22.0. The zero-order valence-corrected chi connectivity index (χ0v) is 17.2. The molecule has 0 aromatic heterocycles. The second-order valence-corrected chi connectivity index (χ2v) is 7.51. The van der Waals surface area contributed by atoms with E-state index in [-0.39, 0.29) is 23.0 Å². The Balaban J connectivity index is 1.60. The number of ketones is 1. The lowest BCUT2D eigenvalue weighted by Crippen LogP contribution is -2.45. The molecule has 0 atom stereocenters. The molecule has 1 saturated heterocycles. The summed E-state index contributed by atoms with van der Waals surface area (Å²) in [6, 6.07) is 9.21. The van der Waals surface area contributed by atoms with Gasteiger partial charge in [0, 0.05) is 38.3 Å². The van der Waals surface area contributed by atoms with Gasteiger partial charge < -0.3 is 19.5 Å². The minimum absolute atomic E-state index is 0.00275. The fraction of sp³-hybridized carbons (Fsp3) is 0.348. The summed E-state index contributed by atoms with van der Waals surface area (Å²) in [6.45, 7) is 4.20. The van der Waals surface area contributed by atoms with Crippen LogP contribution in [0, 0.1) is 0 Å². The summed E-state index contributed by atoms with van der Waals surface area (Å²) in [6.07, 6.45) is 1.39. The maximum absolute atomic E-state index is 12.9. The van der Waals surface area contributed by atoms with Crippen molar-refractivity contribution in [2.75, 3.05) is 32.7 Å². The van der Waals surface area contributed by atoms with Gasteiger partial charge in [0.25, 0.3) is 0 Å². The monoisotopic (exact) mass is 430 g/mol. The lowest BCUT2D eigenvalue weighted by atomic mass is 10.0. The Labute approximate surface area is 179 Å². The fourth-order valence-electron chi connectivity index (χ4n) is 3.88. The topological polar surface area (TPSA) is 62.2 Å². The number of fused-ring (bicyclic) bond motifs is 1. The number of piperazine rings is 1. The lowest BCUT2D eigenvalue weighted by molar-refractivity contribution is -0.0499. The molecule has 2 aliphatic heterocycles. The van der Waals surface area contributed by atoms with E-state index in [1.165, 1.54) is 24.3 Å². The van der Waals surface area contributed by atoms with Crippen molar-refractivity contribution < 1.29 is 28.2 Å². The van der Waals surface area contributed by atoms with Crippen LogP contribution in [0.3, 0.4) is 0 Å². The minimum Gasteiger partial charge on any atom is -0.507 e. The highest BCUT2D eigenvalue weighted by molar-refractivity contribution is 6.15. The van der Waals surface area contributed by atoms with Gasteiger partial charge in [-0.05, 0) is 30.8 Å². The van der Waals surface area contributed by atoms with E-state index in [0.717, 1.165) is 32.7 Å². The van der Waals surface area contributed by atoms with Crippen LogP contribution in [0.2, 0.25) is 0 Å². The first-order valence-corrected chi connectivity index (χ1v) is 10.2. The molecular weight excluding hydrogens is 406 g/mol. The van der Waals surface area contributed by atoms with Crippen LogP contribution in [0.5, 0.6) is 17.2 Å². The number of benzene rings is 2. The molecule has 2 aromatic carbocycles. The Morgan fingerprint density at radius 3 is 2.55 bits per heavy atom. The molecule has 0 unspecified atom stereocenters. The van der Waals surface area contributed by atoms with Crippen molar-refractivity contribution in [3.63, 3.8) is 0 Å². The van der Waals surface area contributed by atoms with Crippen LogP contribution in [0.1, 0.15) is 28.4 Å². The molecule has 0 radical (unpaired) electrons. The van der Waals surface area contributed by atoms with Gasteiger partial charge in [0.05, 0.1) is 11.1 Å². The van der Waals surface area contributed by atoms with E-state index in [4.69, 9.17) is 4.74 Å². The molecule has 0 aliphatic carbocycles. The highest BCUT2D eigenvalue weighted by atomic mass is 19.3. The standard InChI is InChI=1S/C23H24F2N2O4/c1-2-26-9-11-27(12-10-26)14-17-18(28)8-7-16-21(29)20(30-22(16)17)13-15-5-3-4-6-19(15)31-23(24)25/h3-8,13,23,28H,2,9-12,14H2,1H3/b20-13-. The van der Waals surface area contributed by atoms with Crippen molar-refractivity contribution in [2.45, 2.75) is 20.1 Å². The first-order valence-electron chi connectivity index (χ1n) is 10.2. The average Bonchev–Trinajstić information content (AvgIpc) is 3.07. The van der Waals surface area contributed by atoms with Crippen LogP contribution in [0.25, 0.3) is 6.08 Å². The van der Waals surface area contributed by atoms with Crippen molar-refractivity contribution in [2.24, 2.45) is 0 Å². The SMILES string of the molecule is CCN1CCN(Cc2c(O)ccc3c2O/C(=C\c2ccccc2OC(F)F)C3=O)CC1. The van der Waals surface area contributed by atoms with Gasteiger partial charge in [-0.25, -0.2) is 0 Å². The van der Waals surface area contributed by atoms with E-state index in [0.29, 0.717) is 29.0 Å². The van der Waals surface area contributed by atoms with Crippen LogP contribution in [0.4, 0.5) is 8.78 Å². The predicted molar refractivity (Wildman–Crippen MR) is 112 cm³/mol. The fourth-order valence-corrected chi connectivity index (χ4v) is 3.88. The molecule has 164 valence electrons. The molecule has 0 saturated carbocycles. The van der Waals surface area contributed by atoms with Gasteiger partial charge in [-0.3, -0.25) is 9.69 Å². The molecule has 31 heavy (non-hydrogen) atoms. The third kappa shape index (κ3) is 4.55. The van der Waals surface area contributed by atoms with E-state index in [2.05, 4.69) is 21.5 Å². The predicted octanol–water partition coefficient (Wildman–Crippen LogP) is 3.75. The molecular formula is C23H24F2N2O4. The number of carbonyl (C=O) groups excluding carboxylic acids is 1. The Bertz CT molecular complexity index is 1000. The number of Topliss-reactive ketones (excluding diaryl/α,β-unsaturated/α-hetero) is 1. The Hall–Kier alpha value is -2.97. The third-order valence-electron chi connectivity index (χ3n) is 5.63. The van der Waals surface area contributed by atoms with Crippen molar-refractivity contribution in [3.8, 4) is 17.2 Å². The molecule has 0 amide bonds. The summed E-state index contributed by atoms with van der Waals surface area (Å²) in [4.78, 5) is 17.5. The average molecular weight is 430 g/mol. The number of ether oxygens (including phenoxy) is 2. The van der Waals surface area contributed by atoms with Gasteiger partial charge in [0.2, 0.25) is 5.78 Å². The zero-order valence-electron chi connectivity index (χ0n) is 17.2. The van der Waals surface area contributed by atoms with Gasteiger partial charge in [-0.1, -0.05) is 25.1 Å². The van der Waals surface area contributed by atoms with E-state index in [1.807, 2.05) is 0 Å². The lowest BCUT2D eigenvalue weighted by Gasteiger charge is -2.34. The number of alkyl halides is 2. The maximum atomic E-state index is 12.9. The Morgan fingerprint density at radius 2 is 1.84 bits per heavy atom. The van der Waals surface area contributed by atoms with Gasteiger partial charge in [0.15, 0.2) is 5.76 Å². The Morgan fingerprint density at radius 1 is 1.13 bits per heavy atom. The van der Waals surface area contributed by atoms with E-state index < -0.39 is 6.61 Å². The maximum Gasteiger partial charge on any atom is 0.387 e. The molecule has 2 heterocycles. The number of para-hydroxylation sites is 1. The summed E-state index contributed by atoms with van der Waals surface area (Å²) in [5.74, 6) is -0.0234. The van der Waals surface area contributed by atoms with Crippen LogP contribution in [0.15, 0.2) is 42.2 Å². The summed E-state index contributed by atoms with van der Waals surface area (Å²) in [5, 5.41) is 10.5. The number of phenolic OH excluding ortho intramolecular Hbond substituents is 1. The van der Waals surface area contributed by atoms with Crippen LogP contribution >= 0.6 is 0 Å². The highest BCUT2D eigenvalue weighted by Crippen LogP contribution is 2.40. The molecule has 0 spiro atoms. The van der Waals surface area contributed by atoms with Gasteiger partial charge in [0.1, 0.15) is 17.2 Å². The molecule has 1 fully saturated rings. The van der Waals surface area contributed by atoms with E-state index in [9.17, 15) is 18.7 Å². The van der Waals surface area contributed by atoms with Gasteiger partial charge >= 0.3 is 6.61 Å². The molecule has 4 rings (SSSR count). The number of hydrogen-bond donors (Lipinski definition) is 1. The van der Waals surface area contributed by atoms with Crippen molar-refractivity contribution >= 4 is 11.9 Å². The van der Waals surface area contributed by atoms with Gasteiger partial charge in [-0.2, -0.15) is 8.78 Å². The first kappa shape index (κ1) is 21.3. The number of allylic oxidation sites excluding steroid dienone is 1. The summed E-state index contributed by atoms with van der Waals surface area (Å²) >= 11 is 0. The molecule has 6 nitrogen and oxygen atoms in total. The molecule has 2 aromatic rings. The molecule has 8 heteroatoms. The highest BCUT2D eigenvalue weighted by Gasteiger charge is 2.32. The Kier molecular flexibility index (Phi) is 6.20. The minimum atomic E-state index is -2.98. The number of carbonyl (C=O) groups is 1. The molecule has 2 aliphatic rings. The smallest absolute Gasteiger partial charge is 0.387 e. The normalized spacial score (nSPS) is 18.5. The van der Waals surface area contributed by atoms with E-state index >= 15 is 0 Å². The van der Waals surface area contributed by atoms with Crippen LogP contribution < -0.4 is 9.47 Å². The number of rotatable bonds is 6. The number of halogens is 2.